The fraction of sp³-hybridized carbons (Fsp3) is 0.217. The first-order valence-electron chi connectivity index (χ1n) is 10.2. The van der Waals surface area contributed by atoms with Crippen LogP contribution in [0.1, 0.15) is 16.7 Å². The van der Waals surface area contributed by atoms with E-state index in [1.807, 2.05) is 36.7 Å². The monoisotopic (exact) mass is 414 g/mol. The van der Waals surface area contributed by atoms with Crippen LogP contribution < -0.4 is 16.6 Å². The van der Waals surface area contributed by atoms with Crippen molar-refractivity contribution in [2.45, 2.75) is 26.9 Å². The molecule has 2 aromatic carbocycles. The minimum atomic E-state index is -0.663. The highest BCUT2D eigenvalue weighted by molar-refractivity contribution is 5.81. The third kappa shape index (κ3) is 3.51. The van der Waals surface area contributed by atoms with Crippen LogP contribution in [0.25, 0.3) is 33.5 Å². The molecule has 3 aromatic rings. The molecule has 8 heteroatoms. The van der Waals surface area contributed by atoms with E-state index in [1.54, 1.807) is 0 Å². The highest BCUT2D eigenvalue weighted by Gasteiger charge is 2.19. The Morgan fingerprint density at radius 1 is 1.03 bits per heavy atom. The van der Waals surface area contributed by atoms with Crippen molar-refractivity contribution in [1.82, 2.24) is 29.8 Å². The van der Waals surface area contributed by atoms with Gasteiger partial charge in [0.1, 0.15) is 0 Å². The largest absolute Gasteiger partial charge is 0.361 e. The molecule has 1 aromatic heterocycles. The standard InChI is InChI=1S/C23H22N6O2/c1-13-9-18-19(10-14(13)2)29(21-20(26-18)22(30)28-23(31)27-21)8-7-24-12-15-3-4-17-16(11-15)5-6-25-17/h3-6,9-11,24-25H,7-8,12H2,1-2H3,(H,28,30,31). The highest BCUT2D eigenvalue weighted by atomic mass is 16.2. The molecule has 0 bridgehead atoms. The predicted molar refractivity (Wildman–Crippen MR) is 121 cm³/mol. The summed E-state index contributed by atoms with van der Waals surface area (Å²) in [5.41, 5.74) is 5.06. The van der Waals surface area contributed by atoms with Gasteiger partial charge in [-0.3, -0.25) is 9.78 Å². The molecule has 0 spiro atoms. The van der Waals surface area contributed by atoms with Crippen LogP contribution in [0.5, 0.6) is 0 Å². The number of hydrogen-bond donors (Lipinski definition) is 3. The summed E-state index contributed by atoms with van der Waals surface area (Å²) in [4.78, 5) is 38.2. The summed E-state index contributed by atoms with van der Waals surface area (Å²) in [6.45, 7) is 5.93. The minimum Gasteiger partial charge on any atom is -0.361 e. The fourth-order valence-corrected chi connectivity index (χ4v) is 3.91. The lowest BCUT2D eigenvalue weighted by Crippen LogP contribution is -2.30. The molecular weight excluding hydrogens is 392 g/mol. The number of aryl methyl sites for hydroxylation is 2. The van der Waals surface area contributed by atoms with E-state index < -0.39 is 11.2 Å². The quantitative estimate of drug-likeness (QED) is 0.302. The lowest BCUT2D eigenvalue weighted by molar-refractivity contribution is 0.603. The Hall–Kier alpha value is -3.78. The van der Waals surface area contributed by atoms with Crippen LogP contribution in [0.3, 0.4) is 0 Å². The normalized spacial score (nSPS) is 11.7. The maximum Gasteiger partial charge on any atom is 0.349 e. The Morgan fingerprint density at radius 3 is 2.74 bits per heavy atom. The van der Waals surface area contributed by atoms with E-state index in [-0.39, 0.29) is 5.69 Å². The van der Waals surface area contributed by atoms with Crippen LogP contribution in [0.2, 0.25) is 0 Å². The van der Waals surface area contributed by atoms with E-state index >= 15 is 0 Å². The molecule has 0 amide bonds. The number of aromatic nitrogens is 5. The summed E-state index contributed by atoms with van der Waals surface area (Å²) >= 11 is 0. The SMILES string of the molecule is Cc1cc2nc3c(=O)[nH]c(=O)nc-3n(CCNCc3ccc4[nH]ccc4c3)c2cc1C. The zero-order valence-corrected chi connectivity index (χ0v) is 17.3. The average molecular weight is 414 g/mol. The van der Waals surface area contributed by atoms with Crippen molar-refractivity contribution in [3.05, 3.63) is 80.1 Å². The Morgan fingerprint density at radius 2 is 1.87 bits per heavy atom. The van der Waals surface area contributed by atoms with Gasteiger partial charge < -0.3 is 14.9 Å². The van der Waals surface area contributed by atoms with Gasteiger partial charge >= 0.3 is 5.69 Å². The molecule has 0 fully saturated rings. The van der Waals surface area contributed by atoms with E-state index in [4.69, 9.17) is 0 Å². The van der Waals surface area contributed by atoms with Gasteiger partial charge in [-0.1, -0.05) is 6.07 Å². The number of nitrogens with zero attached hydrogens (tertiary/aromatic N) is 3. The maximum absolute atomic E-state index is 12.4. The van der Waals surface area contributed by atoms with Crippen molar-refractivity contribution in [3.63, 3.8) is 0 Å². The van der Waals surface area contributed by atoms with Crippen LogP contribution in [0, 0.1) is 13.8 Å². The molecular formula is C23H22N6O2. The molecule has 0 atom stereocenters. The fourth-order valence-electron chi connectivity index (χ4n) is 3.91. The molecule has 156 valence electrons. The molecule has 0 saturated carbocycles. The van der Waals surface area contributed by atoms with E-state index in [0.717, 1.165) is 22.2 Å². The van der Waals surface area contributed by atoms with Crippen LogP contribution in [0.4, 0.5) is 0 Å². The first kappa shape index (κ1) is 19.2. The number of fused-ring (bicyclic) bond motifs is 3. The number of hydrogen-bond acceptors (Lipinski definition) is 5. The zero-order valence-electron chi connectivity index (χ0n) is 17.3. The third-order valence-corrected chi connectivity index (χ3v) is 5.68. The zero-order chi connectivity index (χ0) is 21.5. The van der Waals surface area contributed by atoms with Gasteiger partial charge in [0.15, 0.2) is 11.5 Å². The van der Waals surface area contributed by atoms with Crippen molar-refractivity contribution >= 4 is 21.9 Å². The Balaban J connectivity index is 1.47. The topological polar surface area (TPSA) is 108 Å². The van der Waals surface area contributed by atoms with Crippen molar-refractivity contribution in [2.75, 3.05) is 6.54 Å². The van der Waals surface area contributed by atoms with Crippen molar-refractivity contribution in [3.8, 4) is 11.5 Å². The van der Waals surface area contributed by atoms with Gasteiger partial charge in [0.05, 0.1) is 11.0 Å². The molecule has 3 N–H and O–H groups in total. The number of H-pyrrole nitrogens is 2. The second kappa shape index (κ2) is 7.48. The summed E-state index contributed by atoms with van der Waals surface area (Å²) < 4.78 is 1.91. The molecule has 8 nitrogen and oxygen atoms in total. The van der Waals surface area contributed by atoms with Gasteiger partial charge in [0.2, 0.25) is 0 Å². The average Bonchev–Trinajstić information content (AvgIpc) is 3.20. The maximum atomic E-state index is 12.4. The van der Waals surface area contributed by atoms with Crippen molar-refractivity contribution in [1.29, 1.82) is 0 Å². The Kier molecular flexibility index (Phi) is 4.63. The molecule has 3 heterocycles. The number of benzene rings is 2. The molecule has 0 unspecified atom stereocenters. The minimum absolute atomic E-state index is 0.174. The summed E-state index contributed by atoms with van der Waals surface area (Å²) in [6.07, 6.45) is 1.93. The van der Waals surface area contributed by atoms with Crippen molar-refractivity contribution in [2.24, 2.45) is 0 Å². The predicted octanol–water partition coefficient (Wildman–Crippen LogP) is 2.47. The summed E-state index contributed by atoms with van der Waals surface area (Å²) in [5.74, 6) is 0.306. The van der Waals surface area contributed by atoms with E-state index in [0.29, 0.717) is 31.0 Å². The summed E-state index contributed by atoms with van der Waals surface area (Å²) in [6, 6.07) is 12.4. The summed E-state index contributed by atoms with van der Waals surface area (Å²) in [7, 11) is 0. The van der Waals surface area contributed by atoms with Crippen LogP contribution in [-0.4, -0.2) is 31.0 Å². The molecule has 2 aliphatic rings. The molecule has 0 saturated heterocycles. The third-order valence-electron chi connectivity index (χ3n) is 5.68. The second-order valence-electron chi connectivity index (χ2n) is 7.81. The van der Waals surface area contributed by atoms with Crippen molar-refractivity contribution < 1.29 is 0 Å². The summed E-state index contributed by atoms with van der Waals surface area (Å²) in [5, 5.41) is 4.63. The van der Waals surface area contributed by atoms with Gasteiger partial charge in [-0.15, -0.1) is 0 Å². The lowest BCUT2D eigenvalue weighted by atomic mass is 10.1. The van der Waals surface area contributed by atoms with E-state index in [1.165, 1.54) is 10.9 Å². The smallest absolute Gasteiger partial charge is 0.349 e. The highest BCUT2D eigenvalue weighted by Crippen LogP contribution is 2.23. The number of nitrogens with one attached hydrogen (secondary N) is 3. The van der Waals surface area contributed by atoms with Crippen LogP contribution >= 0.6 is 0 Å². The lowest BCUT2D eigenvalue weighted by Gasteiger charge is -2.18. The first-order valence-corrected chi connectivity index (χ1v) is 10.2. The number of rotatable bonds is 5. The Bertz CT molecular complexity index is 1510. The molecule has 31 heavy (non-hydrogen) atoms. The molecule has 0 aliphatic carbocycles. The van der Waals surface area contributed by atoms with Gasteiger partial charge in [-0.2, -0.15) is 4.98 Å². The van der Waals surface area contributed by atoms with Gasteiger partial charge in [0.25, 0.3) is 5.56 Å². The molecule has 5 rings (SSSR count). The van der Waals surface area contributed by atoms with E-state index in [9.17, 15) is 9.59 Å². The second-order valence-corrected chi connectivity index (χ2v) is 7.81. The number of aromatic amines is 2. The molecule has 0 radical (unpaired) electrons. The van der Waals surface area contributed by atoms with Gasteiger partial charge in [0, 0.05) is 31.3 Å². The molecule has 2 aliphatic heterocycles. The van der Waals surface area contributed by atoms with Gasteiger partial charge in [-0.05, 0) is 66.3 Å². The van der Waals surface area contributed by atoms with E-state index in [2.05, 4.69) is 49.5 Å². The van der Waals surface area contributed by atoms with Gasteiger partial charge in [-0.25, -0.2) is 9.78 Å². The Labute approximate surface area is 177 Å². The van der Waals surface area contributed by atoms with Crippen LogP contribution in [-0.2, 0) is 13.1 Å². The van der Waals surface area contributed by atoms with Crippen LogP contribution in [0.15, 0.2) is 52.2 Å². The first-order chi connectivity index (χ1) is 15.0.